The van der Waals surface area contributed by atoms with E-state index in [0.717, 1.165) is 37.4 Å². The van der Waals surface area contributed by atoms with Crippen LogP contribution in [0.1, 0.15) is 12.0 Å². The first-order valence-electron chi connectivity index (χ1n) is 9.95. The molecule has 2 aliphatic heterocycles. The Morgan fingerprint density at radius 3 is 2.38 bits per heavy atom. The minimum Gasteiger partial charge on any atom is -0.360 e. The number of halogens is 2. The lowest BCUT2D eigenvalue weighted by molar-refractivity contribution is -0.915. The summed E-state index contributed by atoms with van der Waals surface area (Å²) in [6, 6.07) is 15.4. The van der Waals surface area contributed by atoms with E-state index in [1.165, 1.54) is 9.80 Å². The number of amides is 2. The van der Waals surface area contributed by atoms with Crippen molar-refractivity contribution in [3.63, 3.8) is 0 Å². The van der Waals surface area contributed by atoms with E-state index in [9.17, 15) is 9.59 Å². The smallest absolute Gasteiger partial charge is 0.288 e. The number of quaternary nitrogens is 1. The van der Waals surface area contributed by atoms with Crippen molar-refractivity contribution in [1.29, 1.82) is 0 Å². The van der Waals surface area contributed by atoms with Gasteiger partial charge in [-0.3, -0.25) is 14.5 Å². The number of nitrogens with one attached hydrogen (secondary N) is 1. The topological polar surface area (TPSA) is 45.1 Å². The maximum Gasteiger partial charge on any atom is 0.288 e. The van der Waals surface area contributed by atoms with Crippen LogP contribution in [0.2, 0.25) is 10.0 Å². The molecule has 2 fully saturated rings. The van der Waals surface area contributed by atoms with Crippen LogP contribution in [-0.4, -0.2) is 55.5 Å². The lowest BCUT2D eigenvalue weighted by atomic mass is 10.1. The van der Waals surface area contributed by atoms with Gasteiger partial charge in [-0.05, 0) is 30.2 Å². The number of benzene rings is 2. The van der Waals surface area contributed by atoms with Crippen molar-refractivity contribution in [2.24, 2.45) is 0 Å². The van der Waals surface area contributed by atoms with Gasteiger partial charge in [0.05, 0.1) is 42.6 Å². The second kappa shape index (κ2) is 8.74. The highest BCUT2D eigenvalue weighted by atomic mass is 35.5. The molecule has 7 heteroatoms. The molecule has 0 unspecified atom stereocenters. The summed E-state index contributed by atoms with van der Waals surface area (Å²) in [6.45, 7) is 3.72. The number of hydrogen-bond acceptors (Lipinski definition) is 3. The zero-order valence-electron chi connectivity index (χ0n) is 16.1. The van der Waals surface area contributed by atoms with Gasteiger partial charge in [0.15, 0.2) is 6.04 Å². The molecule has 2 heterocycles. The third-order valence-electron chi connectivity index (χ3n) is 5.88. The van der Waals surface area contributed by atoms with Gasteiger partial charge in [-0.25, -0.2) is 0 Å². The molecule has 1 N–H and O–H groups in total. The largest absolute Gasteiger partial charge is 0.360 e. The summed E-state index contributed by atoms with van der Waals surface area (Å²) in [5.41, 5.74) is 2.18. The van der Waals surface area contributed by atoms with Gasteiger partial charge in [0.25, 0.3) is 5.91 Å². The summed E-state index contributed by atoms with van der Waals surface area (Å²) in [7, 11) is 0. The Morgan fingerprint density at radius 1 is 0.966 bits per heavy atom. The molecule has 0 saturated carbocycles. The van der Waals surface area contributed by atoms with Gasteiger partial charge in [-0.15, -0.1) is 0 Å². The predicted octanol–water partition coefficient (Wildman–Crippen LogP) is 2.07. The molecule has 0 radical (unpaired) electrons. The average Bonchev–Trinajstić information content (AvgIpc) is 3.03. The molecule has 1 atom stereocenters. The maximum absolute atomic E-state index is 12.9. The molecule has 5 nitrogen and oxygen atoms in total. The van der Waals surface area contributed by atoms with E-state index in [4.69, 9.17) is 23.2 Å². The molecule has 2 aromatic carbocycles. The number of carbonyl (C=O) groups is 2. The fourth-order valence-corrected chi connectivity index (χ4v) is 4.50. The van der Waals surface area contributed by atoms with Crippen molar-refractivity contribution < 1.29 is 14.5 Å². The minimum absolute atomic E-state index is 0.0241. The van der Waals surface area contributed by atoms with Crippen LogP contribution in [0.5, 0.6) is 0 Å². The second-order valence-electron chi connectivity index (χ2n) is 7.62. The average molecular weight is 433 g/mol. The third kappa shape index (κ3) is 4.42. The van der Waals surface area contributed by atoms with Crippen LogP contribution in [0, 0.1) is 0 Å². The number of anilines is 1. The summed E-state index contributed by atoms with van der Waals surface area (Å²) in [6.07, 6.45) is 1.02. The SMILES string of the molecule is O=C1C[C@H]([NH+]2CCN(c3ccc(Cl)c(Cl)c3)CC2)C(=O)N1CCc1ccccc1. The number of imide groups is 1. The molecule has 0 aliphatic carbocycles. The zero-order chi connectivity index (χ0) is 20.4. The van der Waals surface area contributed by atoms with E-state index in [1.54, 1.807) is 0 Å². The summed E-state index contributed by atoms with van der Waals surface area (Å²) >= 11 is 12.1. The van der Waals surface area contributed by atoms with Gasteiger partial charge in [0.1, 0.15) is 0 Å². The number of nitrogens with zero attached hydrogens (tertiary/aromatic N) is 2. The van der Waals surface area contributed by atoms with Crippen LogP contribution in [0.15, 0.2) is 48.5 Å². The Hall–Kier alpha value is -2.08. The molecule has 4 rings (SSSR count). The van der Waals surface area contributed by atoms with Crippen molar-refractivity contribution >= 4 is 40.7 Å². The molecule has 2 aromatic rings. The van der Waals surface area contributed by atoms with Crippen LogP contribution >= 0.6 is 23.2 Å². The Balaban J connectivity index is 1.34. The fourth-order valence-electron chi connectivity index (χ4n) is 4.20. The van der Waals surface area contributed by atoms with Crippen LogP contribution in [0.25, 0.3) is 0 Å². The molecule has 152 valence electrons. The zero-order valence-corrected chi connectivity index (χ0v) is 17.6. The van der Waals surface area contributed by atoms with Crippen molar-refractivity contribution in [3.8, 4) is 0 Å². The van der Waals surface area contributed by atoms with E-state index < -0.39 is 0 Å². The van der Waals surface area contributed by atoms with Crippen LogP contribution in [0.4, 0.5) is 5.69 Å². The van der Waals surface area contributed by atoms with Gasteiger partial charge in [-0.1, -0.05) is 53.5 Å². The van der Waals surface area contributed by atoms with E-state index in [1.807, 2.05) is 48.5 Å². The predicted molar refractivity (Wildman–Crippen MR) is 115 cm³/mol. The summed E-state index contributed by atoms with van der Waals surface area (Å²) in [4.78, 5) is 30.3. The van der Waals surface area contributed by atoms with Gasteiger partial charge < -0.3 is 9.80 Å². The number of rotatable bonds is 5. The molecule has 2 saturated heterocycles. The normalized spacial score (nSPS) is 20.6. The lowest BCUT2D eigenvalue weighted by Gasteiger charge is -2.35. The van der Waals surface area contributed by atoms with E-state index in [2.05, 4.69) is 4.90 Å². The minimum atomic E-state index is -0.255. The molecule has 0 aromatic heterocycles. The molecular weight excluding hydrogens is 409 g/mol. The van der Waals surface area contributed by atoms with Crippen molar-refractivity contribution in [1.82, 2.24) is 4.90 Å². The summed E-state index contributed by atoms with van der Waals surface area (Å²) < 4.78 is 0. The molecular formula is C22H24Cl2N3O2+. The first kappa shape index (κ1) is 20.2. The monoisotopic (exact) mass is 432 g/mol. The molecule has 2 aliphatic rings. The van der Waals surface area contributed by atoms with Gasteiger partial charge >= 0.3 is 0 Å². The maximum atomic E-state index is 12.9. The van der Waals surface area contributed by atoms with Gasteiger partial charge in [0, 0.05) is 12.2 Å². The van der Waals surface area contributed by atoms with Gasteiger partial charge in [0.2, 0.25) is 5.91 Å². The highest BCUT2D eigenvalue weighted by Gasteiger charge is 2.45. The summed E-state index contributed by atoms with van der Waals surface area (Å²) in [5.74, 6) is -0.0701. The number of hydrogen-bond donors (Lipinski definition) is 1. The number of carbonyl (C=O) groups excluding carboxylic acids is 2. The van der Waals surface area contributed by atoms with E-state index in [-0.39, 0.29) is 17.9 Å². The first-order chi connectivity index (χ1) is 14.0. The Kier molecular flexibility index (Phi) is 6.09. The molecule has 0 spiro atoms. The second-order valence-corrected chi connectivity index (χ2v) is 8.43. The standard InChI is InChI=1S/C22H23Cl2N3O2/c23-18-7-6-17(14-19(18)24)25-10-12-26(13-11-25)20-15-21(28)27(22(20)29)9-8-16-4-2-1-3-5-16/h1-7,14,20H,8-13,15H2/p+1/t20-/m0/s1. The quantitative estimate of drug-likeness (QED) is 0.735. The lowest BCUT2D eigenvalue weighted by Crippen LogP contribution is -3.19. The van der Waals surface area contributed by atoms with Crippen LogP contribution in [0.3, 0.4) is 0 Å². The highest BCUT2D eigenvalue weighted by molar-refractivity contribution is 6.42. The van der Waals surface area contributed by atoms with Crippen molar-refractivity contribution in [2.45, 2.75) is 18.9 Å². The van der Waals surface area contributed by atoms with Crippen LogP contribution in [-0.2, 0) is 16.0 Å². The first-order valence-corrected chi connectivity index (χ1v) is 10.7. The third-order valence-corrected chi connectivity index (χ3v) is 6.62. The fraction of sp³-hybridized carbons (Fsp3) is 0.364. The van der Waals surface area contributed by atoms with Gasteiger partial charge in [-0.2, -0.15) is 0 Å². The summed E-state index contributed by atoms with van der Waals surface area (Å²) in [5, 5.41) is 1.09. The van der Waals surface area contributed by atoms with Crippen molar-refractivity contribution in [3.05, 3.63) is 64.1 Å². The van der Waals surface area contributed by atoms with E-state index >= 15 is 0 Å². The van der Waals surface area contributed by atoms with Crippen LogP contribution < -0.4 is 9.80 Å². The van der Waals surface area contributed by atoms with E-state index in [0.29, 0.717) is 29.4 Å². The Morgan fingerprint density at radius 2 is 1.69 bits per heavy atom. The molecule has 2 amide bonds. The molecule has 0 bridgehead atoms. The number of piperazine rings is 1. The highest BCUT2D eigenvalue weighted by Crippen LogP contribution is 2.27. The molecule has 29 heavy (non-hydrogen) atoms. The Bertz CT molecular complexity index is 898. The number of likely N-dealkylation sites (tertiary alicyclic amines) is 1. The Labute approximate surface area is 180 Å². The van der Waals surface area contributed by atoms with Crippen molar-refractivity contribution in [2.75, 3.05) is 37.6 Å².